The topological polar surface area (TPSA) is 63.6 Å². The molecule has 5 heteroatoms. The van der Waals surface area contributed by atoms with E-state index in [1.807, 2.05) is 0 Å². The Hall–Kier alpha value is -1.03. The summed E-state index contributed by atoms with van der Waals surface area (Å²) in [5, 5.41) is 8.30. The highest BCUT2D eigenvalue weighted by Gasteiger charge is 1.98. The molecule has 0 spiro atoms. The first-order valence-electron chi connectivity index (χ1n) is 6.74. The maximum absolute atomic E-state index is 11.0. The number of carboxylic acid groups (broad SMARTS) is 1. The van der Waals surface area contributed by atoms with E-state index in [0.29, 0.717) is 6.61 Å². The van der Waals surface area contributed by atoms with Crippen LogP contribution < -0.4 is 0 Å². The van der Waals surface area contributed by atoms with E-state index in [1.165, 1.54) is 38.5 Å². The van der Waals surface area contributed by atoms with Gasteiger partial charge in [-0.05, 0) is 6.42 Å². The summed E-state index contributed by atoms with van der Waals surface area (Å²) in [7, 11) is 0. The molecule has 0 saturated heterocycles. The van der Waals surface area contributed by atoms with Gasteiger partial charge in [0.2, 0.25) is 0 Å². The van der Waals surface area contributed by atoms with Crippen LogP contribution in [0.2, 0.25) is 0 Å². The fourth-order valence-corrected chi connectivity index (χ4v) is 1.60. The van der Waals surface area contributed by atoms with Crippen LogP contribution in [0.5, 0.6) is 0 Å². The van der Waals surface area contributed by atoms with E-state index in [1.54, 1.807) is 0 Å². The van der Waals surface area contributed by atoms with E-state index in [2.05, 4.69) is 6.92 Å². The average Bonchev–Trinajstić information content (AvgIpc) is 2.34. The molecule has 0 rings (SSSR count). The van der Waals surface area contributed by atoms with Crippen LogP contribution in [0.25, 0.3) is 0 Å². The minimum absolute atomic E-state index is 0. The highest BCUT2D eigenvalue weighted by atomic mass is 35.5. The zero-order valence-electron chi connectivity index (χ0n) is 11.6. The van der Waals surface area contributed by atoms with Crippen molar-refractivity contribution in [2.45, 2.75) is 58.3 Å². The second kappa shape index (κ2) is 15.0. The van der Waals surface area contributed by atoms with Crippen molar-refractivity contribution in [2.24, 2.45) is 0 Å². The lowest BCUT2D eigenvalue weighted by Gasteiger charge is -2.02. The second-order valence-electron chi connectivity index (χ2n) is 4.31. The van der Waals surface area contributed by atoms with Gasteiger partial charge in [0.1, 0.15) is 0 Å². The van der Waals surface area contributed by atoms with Crippen molar-refractivity contribution >= 4 is 24.3 Å². The number of esters is 1. The van der Waals surface area contributed by atoms with Gasteiger partial charge in [0.25, 0.3) is 0 Å². The minimum Gasteiger partial charge on any atom is -0.478 e. The smallest absolute Gasteiger partial charge is 0.331 e. The molecule has 0 bridgehead atoms. The van der Waals surface area contributed by atoms with Crippen LogP contribution in [0.3, 0.4) is 0 Å². The zero-order chi connectivity index (χ0) is 13.6. The third kappa shape index (κ3) is 17.0. The Bertz CT molecular complexity index is 264. The van der Waals surface area contributed by atoms with Crippen molar-refractivity contribution in [1.82, 2.24) is 0 Å². The number of aliphatic carboxylic acids is 1. The summed E-state index contributed by atoms with van der Waals surface area (Å²) >= 11 is 0. The molecule has 0 saturated carbocycles. The van der Waals surface area contributed by atoms with Gasteiger partial charge >= 0.3 is 11.9 Å². The van der Waals surface area contributed by atoms with Crippen LogP contribution in [-0.4, -0.2) is 23.7 Å². The number of rotatable bonds is 11. The molecule has 112 valence electrons. The van der Waals surface area contributed by atoms with Gasteiger partial charge in [0.05, 0.1) is 6.61 Å². The van der Waals surface area contributed by atoms with Gasteiger partial charge in [-0.25, -0.2) is 9.59 Å². The lowest BCUT2D eigenvalue weighted by Crippen LogP contribution is -2.03. The molecule has 0 unspecified atom stereocenters. The van der Waals surface area contributed by atoms with E-state index in [-0.39, 0.29) is 12.4 Å². The molecule has 4 nitrogen and oxygen atoms in total. The largest absolute Gasteiger partial charge is 0.478 e. The van der Waals surface area contributed by atoms with Gasteiger partial charge in [-0.3, -0.25) is 0 Å². The molecule has 0 aromatic rings. The number of hydrogen-bond acceptors (Lipinski definition) is 3. The fraction of sp³-hybridized carbons (Fsp3) is 0.714. The summed E-state index contributed by atoms with van der Waals surface area (Å²) in [6.45, 7) is 2.57. The van der Waals surface area contributed by atoms with Crippen molar-refractivity contribution in [1.29, 1.82) is 0 Å². The number of hydrogen-bond donors (Lipinski definition) is 1. The van der Waals surface area contributed by atoms with E-state index in [4.69, 9.17) is 9.84 Å². The van der Waals surface area contributed by atoms with Crippen LogP contribution in [0.4, 0.5) is 0 Å². The van der Waals surface area contributed by atoms with Crippen LogP contribution in [0.15, 0.2) is 12.2 Å². The third-order valence-electron chi connectivity index (χ3n) is 2.60. The Labute approximate surface area is 121 Å². The maximum Gasteiger partial charge on any atom is 0.331 e. The van der Waals surface area contributed by atoms with Gasteiger partial charge < -0.3 is 9.84 Å². The van der Waals surface area contributed by atoms with Crippen LogP contribution >= 0.6 is 12.4 Å². The molecule has 0 radical (unpaired) electrons. The van der Waals surface area contributed by atoms with Crippen molar-refractivity contribution in [3.63, 3.8) is 0 Å². The van der Waals surface area contributed by atoms with Gasteiger partial charge in [-0.15, -0.1) is 12.4 Å². The monoisotopic (exact) mass is 292 g/mol. The first kappa shape index (κ1) is 20.3. The Kier molecular flexibility index (Phi) is 16.1. The van der Waals surface area contributed by atoms with Gasteiger partial charge in [0.15, 0.2) is 0 Å². The van der Waals surface area contributed by atoms with Crippen LogP contribution in [0, 0.1) is 0 Å². The molecule has 0 aromatic heterocycles. The third-order valence-corrected chi connectivity index (χ3v) is 2.60. The summed E-state index contributed by atoms with van der Waals surface area (Å²) in [6.07, 6.45) is 11.2. The van der Waals surface area contributed by atoms with Crippen molar-refractivity contribution in [2.75, 3.05) is 6.61 Å². The Morgan fingerprint density at radius 2 is 1.47 bits per heavy atom. The summed E-state index contributed by atoms with van der Waals surface area (Å²) in [4.78, 5) is 21.1. The van der Waals surface area contributed by atoms with E-state index in [0.717, 1.165) is 25.0 Å². The molecular formula is C14H25ClO4. The number of unbranched alkanes of at least 4 members (excludes halogenated alkanes) is 7. The Morgan fingerprint density at radius 1 is 0.947 bits per heavy atom. The molecule has 0 aromatic carbocycles. The summed E-state index contributed by atoms with van der Waals surface area (Å²) < 4.78 is 4.85. The van der Waals surface area contributed by atoms with E-state index < -0.39 is 11.9 Å². The van der Waals surface area contributed by atoms with Crippen LogP contribution in [0.1, 0.15) is 58.3 Å². The molecular weight excluding hydrogens is 268 g/mol. The number of halogens is 1. The number of carboxylic acids is 1. The fourth-order valence-electron chi connectivity index (χ4n) is 1.60. The molecule has 0 heterocycles. The van der Waals surface area contributed by atoms with E-state index >= 15 is 0 Å². The van der Waals surface area contributed by atoms with E-state index in [9.17, 15) is 9.59 Å². The van der Waals surface area contributed by atoms with Crippen molar-refractivity contribution in [3.8, 4) is 0 Å². The lowest BCUT2D eigenvalue weighted by molar-refractivity contribution is -0.138. The number of carbonyl (C=O) groups excluding carboxylic acids is 1. The highest BCUT2D eigenvalue weighted by molar-refractivity contribution is 5.90. The second-order valence-corrected chi connectivity index (χ2v) is 4.31. The normalized spacial score (nSPS) is 10.2. The molecule has 0 atom stereocenters. The molecule has 0 aliphatic heterocycles. The maximum atomic E-state index is 11.0. The molecule has 0 amide bonds. The van der Waals surface area contributed by atoms with Crippen molar-refractivity contribution in [3.05, 3.63) is 12.2 Å². The number of ether oxygens (including phenoxy) is 1. The number of carbonyl (C=O) groups is 2. The first-order valence-corrected chi connectivity index (χ1v) is 6.74. The summed E-state index contributed by atoms with van der Waals surface area (Å²) in [5.41, 5.74) is 0. The standard InChI is InChI=1S/C14H24O4.ClH/c1-2-3-4-5-6-7-8-9-12-18-14(17)11-10-13(15)16;/h10-11H,2-9,12H2,1H3,(H,15,16);1H/b11-10-;. The predicted octanol–water partition coefficient (Wildman–Crippen LogP) is 3.73. The summed E-state index contributed by atoms with van der Waals surface area (Å²) in [6, 6.07) is 0. The highest BCUT2D eigenvalue weighted by Crippen LogP contribution is 2.08. The van der Waals surface area contributed by atoms with Gasteiger partial charge in [-0.2, -0.15) is 0 Å². The quantitative estimate of drug-likeness (QED) is 0.358. The van der Waals surface area contributed by atoms with Gasteiger partial charge in [0, 0.05) is 12.2 Å². The minimum atomic E-state index is -1.14. The lowest BCUT2D eigenvalue weighted by atomic mass is 10.1. The predicted molar refractivity (Wildman–Crippen MR) is 77.6 cm³/mol. The van der Waals surface area contributed by atoms with Crippen LogP contribution in [-0.2, 0) is 14.3 Å². The Morgan fingerprint density at radius 3 is 2.00 bits per heavy atom. The van der Waals surface area contributed by atoms with Gasteiger partial charge in [-0.1, -0.05) is 51.9 Å². The molecule has 0 aliphatic rings. The molecule has 0 fully saturated rings. The Balaban J connectivity index is 0. The first-order chi connectivity index (χ1) is 8.66. The average molecular weight is 293 g/mol. The zero-order valence-corrected chi connectivity index (χ0v) is 12.4. The molecule has 0 aliphatic carbocycles. The SMILES string of the molecule is CCCCCCCCCCOC(=O)/C=C\C(=O)O.Cl. The van der Waals surface area contributed by atoms with Crippen molar-refractivity contribution < 1.29 is 19.4 Å². The molecule has 1 N–H and O–H groups in total. The molecule has 19 heavy (non-hydrogen) atoms. The summed E-state index contributed by atoms with van der Waals surface area (Å²) in [5.74, 6) is -1.72.